The molecular weight excluding hydrogens is 651 g/mol. The lowest BCUT2D eigenvalue weighted by atomic mass is 9.77. The molecule has 0 radical (unpaired) electrons. The second-order valence-corrected chi connectivity index (χ2v) is 16.4. The molecule has 0 aromatic heterocycles. The van der Waals surface area contributed by atoms with Crippen molar-refractivity contribution >= 4 is 49.0 Å². The van der Waals surface area contributed by atoms with E-state index in [4.69, 9.17) is 23.2 Å². The van der Waals surface area contributed by atoms with Crippen LogP contribution in [0.15, 0.2) is 107 Å². The predicted octanol–water partition coefficient (Wildman–Crippen LogP) is 7.14. The Labute approximate surface area is 274 Å². The molecule has 0 aliphatic carbocycles. The van der Waals surface area contributed by atoms with Crippen molar-refractivity contribution in [2.24, 2.45) is 5.92 Å². The Morgan fingerprint density at radius 2 is 1.07 bits per heavy atom. The highest BCUT2D eigenvalue weighted by molar-refractivity contribution is 7.89. The molecule has 7 nitrogen and oxygen atoms in total. The van der Waals surface area contributed by atoms with Crippen LogP contribution in [0.4, 0.5) is 0 Å². The van der Waals surface area contributed by atoms with Gasteiger partial charge in [0.2, 0.25) is 20.0 Å². The van der Waals surface area contributed by atoms with Crippen molar-refractivity contribution in [1.82, 2.24) is 8.61 Å². The van der Waals surface area contributed by atoms with Gasteiger partial charge in [0.25, 0.3) is 0 Å². The maximum atomic E-state index is 14.6. The highest BCUT2D eigenvalue weighted by atomic mass is 35.5. The zero-order valence-corrected chi connectivity index (χ0v) is 27.8. The molecule has 0 amide bonds. The first-order valence-electron chi connectivity index (χ1n) is 14.6. The summed E-state index contributed by atoms with van der Waals surface area (Å²) in [6, 6.07) is 24.6. The molecule has 45 heavy (non-hydrogen) atoms. The summed E-state index contributed by atoms with van der Waals surface area (Å²) in [7, 11) is -8.24. The number of sulfonamides is 2. The normalized spacial score (nSPS) is 23.1. The number of piperidine rings is 2. The number of Topliss-reactive ketones (excluding diaryl/α,β-unsaturated/α-hetero) is 1. The largest absolute Gasteiger partial charge is 0.299 e. The minimum atomic E-state index is -4.17. The van der Waals surface area contributed by atoms with Crippen molar-refractivity contribution < 1.29 is 21.6 Å². The van der Waals surface area contributed by atoms with Gasteiger partial charge >= 0.3 is 0 Å². The summed E-state index contributed by atoms with van der Waals surface area (Å²) in [5.41, 5.74) is 3.27. The number of aryl methyl sites for hydroxylation is 2. The first kappa shape index (κ1) is 31.9. The number of carbonyl (C=O) groups is 1. The van der Waals surface area contributed by atoms with E-state index in [1.807, 2.05) is 38.1 Å². The summed E-state index contributed by atoms with van der Waals surface area (Å²) >= 11 is 12.3. The molecule has 234 valence electrons. The average molecular weight is 684 g/mol. The van der Waals surface area contributed by atoms with Gasteiger partial charge in [-0.3, -0.25) is 4.79 Å². The van der Waals surface area contributed by atoms with Crippen LogP contribution < -0.4 is 0 Å². The van der Waals surface area contributed by atoms with E-state index in [0.717, 1.165) is 11.1 Å². The van der Waals surface area contributed by atoms with E-state index in [2.05, 4.69) is 0 Å². The van der Waals surface area contributed by atoms with Crippen molar-refractivity contribution in [3.8, 4) is 0 Å². The zero-order valence-electron chi connectivity index (χ0n) is 24.7. The van der Waals surface area contributed by atoms with Crippen molar-refractivity contribution in [2.45, 2.75) is 54.6 Å². The van der Waals surface area contributed by atoms with Crippen LogP contribution in [0.3, 0.4) is 0 Å². The van der Waals surface area contributed by atoms with Crippen LogP contribution in [0.1, 0.15) is 47.2 Å². The Hall–Kier alpha value is -3.05. The first-order chi connectivity index (χ1) is 21.4. The molecule has 4 atom stereocenters. The van der Waals surface area contributed by atoms with Crippen LogP contribution in [0.2, 0.25) is 10.0 Å². The van der Waals surface area contributed by atoms with Crippen LogP contribution >= 0.6 is 23.2 Å². The van der Waals surface area contributed by atoms with E-state index in [9.17, 15) is 21.6 Å². The van der Waals surface area contributed by atoms with Gasteiger partial charge in [-0.05, 0) is 79.9 Å². The molecule has 0 saturated carbocycles. The fourth-order valence-electron chi connectivity index (χ4n) is 6.44. The molecule has 2 heterocycles. The Kier molecular flexibility index (Phi) is 8.71. The van der Waals surface area contributed by atoms with Gasteiger partial charge in [-0.1, -0.05) is 82.9 Å². The molecule has 2 fully saturated rings. The molecule has 0 N–H and O–H groups in total. The molecular formula is C34H32Cl2N2O5S2. The maximum absolute atomic E-state index is 14.6. The smallest absolute Gasteiger partial charge is 0.243 e. The third kappa shape index (κ3) is 6.10. The van der Waals surface area contributed by atoms with Gasteiger partial charge in [0, 0.05) is 35.0 Å². The number of nitrogens with zero attached hydrogens (tertiary/aromatic N) is 2. The van der Waals surface area contributed by atoms with Crippen molar-refractivity contribution in [2.75, 3.05) is 6.54 Å². The van der Waals surface area contributed by atoms with Crippen LogP contribution in [0.25, 0.3) is 0 Å². The fraction of sp³-hybridized carbons (Fsp3) is 0.265. The van der Waals surface area contributed by atoms with E-state index in [-0.39, 0.29) is 35.0 Å². The number of hydrogen-bond acceptors (Lipinski definition) is 5. The second-order valence-electron chi connectivity index (χ2n) is 11.8. The van der Waals surface area contributed by atoms with Gasteiger partial charge in [-0.25, -0.2) is 16.8 Å². The molecule has 6 rings (SSSR count). The quantitative estimate of drug-likeness (QED) is 0.216. The summed E-state index contributed by atoms with van der Waals surface area (Å²) < 4.78 is 60.4. The molecule has 2 aliphatic rings. The molecule has 4 aromatic rings. The number of benzene rings is 4. The molecule has 0 bridgehead atoms. The zero-order chi connectivity index (χ0) is 32.1. The lowest BCUT2D eigenvalue weighted by Gasteiger charge is -2.51. The van der Waals surface area contributed by atoms with E-state index in [0.29, 0.717) is 21.2 Å². The molecule has 2 aliphatic heterocycles. The van der Waals surface area contributed by atoms with E-state index >= 15 is 0 Å². The fourth-order valence-corrected chi connectivity index (χ4v) is 10.2. The van der Waals surface area contributed by atoms with Crippen LogP contribution in [0, 0.1) is 19.8 Å². The minimum absolute atomic E-state index is 0.0508. The summed E-state index contributed by atoms with van der Waals surface area (Å²) in [4.78, 5) is 14.2. The second kappa shape index (κ2) is 12.3. The topological polar surface area (TPSA) is 91.8 Å². The Bertz CT molecular complexity index is 1930. The Morgan fingerprint density at radius 3 is 1.64 bits per heavy atom. The Balaban J connectivity index is 1.51. The lowest BCUT2D eigenvalue weighted by Crippen LogP contribution is -2.60. The van der Waals surface area contributed by atoms with Crippen LogP contribution in [-0.2, 0) is 24.8 Å². The number of rotatable bonds is 6. The highest BCUT2D eigenvalue weighted by Gasteiger charge is 2.54. The third-order valence-corrected chi connectivity index (χ3v) is 13.2. The Morgan fingerprint density at radius 1 is 0.622 bits per heavy atom. The highest BCUT2D eigenvalue weighted by Crippen LogP contribution is 2.48. The minimum Gasteiger partial charge on any atom is -0.299 e. The number of carbonyl (C=O) groups excluding carboxylic acids is 1. The molecule has 11 heteroatoms. The van der Waals surface area contributed by atoms with Gasteiger partial charge in [0.1, 0.15) is 5.78 Å². The number of ketones is 1. The summed E-state index contributed by atoms with van der Waals surface area (Å²) in [6.45, 7) is 3.65. The summed E-state index contributed by atoms with van der Waals surface area (Å²) in [6.07, 6.45) is -0.0145. The van der Waals surface area contributed by atoms with E-state index in [1.165, 1.54) is 32.9 Å². The summed E-state index contributed by atoms with van der Waals surface area (Å²) in [5, 5.41) is 0.882. The molecule has 2 saturated heterocycles. The number of halogens is 2. The van der Waals surface area contributed by atoms with Crippen molar-refractivity contribution in [1.29, 1.82) is 0 Å². The molecule has 0 spiro atoms. The molecule has 1 unspecified atom stereocenters. The predicted molar refractivity (Wildman–Crippen MR) is 175 cm³/mol. The number of hydrogen-bond donors (Lipinski definition) is 0. The van der Waals surface area contributed by atoms with Crippen LogP contribution in [0.5, 0.6) is 0 Å². The van der Waals surface area contributed by atoms with Gasteiger partial charge in [-0.2, -0.15) is 8.61 Å². The van der Waals surface area contributed by atoms with Crippen molar-refractivity contribution in [3.05, 3.63) is 129 Å². The SMILES string of the molecule is Cc1ccc([C@@H]2CC(=O)[C@@H]3CN(S(=O)(=O)c4ccc(C)cc4)C(c4ccc(Cl)cc4)C[C@@H]3N2S(=O)(=O)c2ccc(Cl)cc2)cc1. The third-order valence-electron chi connectivity index (χ3n) is 8.83. The monoisotopic (exact) mass is 682 g/mol. The lowest BCUT2D eigenvalue weighted by molar-refractivity contribution is -0.132. The summed E-state index contributed by atoms with van der Waals surface area (Å²) in [5.74, 6) is -1.05. The van der Waals surface area contributed by atoms with Crippen LogP contribution in [-0.4, -0.2) is 43.8 Å². The number of fused-ring (bicyclic) bond motifs is 1. The maximum Gasteiger partial charge on any atom is 0.243 e. The first-order valence-corrected chi connectivity index (χ1v) is 18.2. The van der Waals surface area contributed by atoms with E-state index in [1.54, 1.807) is 48.5 Å². The van der Waals surface area contributed by atoms with Gasteiger partial charge < -0.3 is 0 Å². The van der Waals surface area contributed by atoms with E-state index < -0.39 is 44.1 Å². The average Bonchev–Trinajstić information content (AvgIpc) is 3.01. The van der Waals surface area contributed by atoms with Gasteiger partial charge in [0.15, 0.2) is 0 Å². The van der Waals surface area contributed by atoms with Gasteiger partial charge in [0.05, 0.1) is 21.9 Å². The standard InChI is InChI=1S/C34H32Cl2N2O5S2/c1-22-3-7-25(8-4-22)32-20-34(39)30-21-37(44(40,41)28-15-5-23(2)6-16-28)31(24-9-11-26(35)12-10-24)19-33(30)38(32)45(42,43)29-17-13-27(36)14-18-29/h3-18,30-33H,19-21H2,1-2H3/t30-,31?,32+,33+/m1/s1. The molecule has 4 aromatic carbocycles. The van der Waals surface area contributed by atoms with Gasteiger partial charge in [-0.15, -0.1) is 0 Å². The van der Waals surface area contributed by atoms with Crippen molar-refractivity contribution in [3.63, 3.8) is 0 Å².